The molecule has 1 saturated heterocycles. The number of nitrogens with zero attached hydrogens (tertiary/aromatic N) is 1. The first-order valence-corrected chi connectivity index (χ1v) is 8.28. The van der Waals surface area contributed by atoms with E-state index in [9.17, 15) is 8.42 Å². The van der Waals surface area contributed by atoms with Crippen LogP contribution in [0.1, 0.15) is 12.8 Å². The van der Waals surface area contributed by atoms with Crippen LogP contribution in [0.15, 0.2) is 47.4 Å². The molecule has 3 rings (SSSR count). The number of fused-ring (bicyclic) bond motifs is 1. The van der Waals surface area contributed by atoms with Crippen LogP contribution in [-0.2, 0) is 10.0 Å². The van der Waals surface area contributed by atoms with Gasteiger partial charge in [-0.1, -0.05) is 36.4 Å². The molecule has 1 heterocycles. The van der Waals surface area contributed by atoms with Crippen LogP contribution in [0.3, 0.4) is 0 Å². The van der Waals surface area contributed by atoms with E-state index in [0.29, 0.717) is 18.0 Å². The molecule has 0 aromatic heterocycles. The Morgan fingerprint density at radius 3 is 2.62 bits per heavy atom. The van der Waals surface area contributed by atoms with E-state index >= 15 is 0 Å². The molecule has 6 heteroatoms. The van der Waals surface area contributed by atoms with Crippen molar-refractivity contribution in [3.8, 4) is 0 Å². The van der Waals surface area contributed by atoms with Crippen molar-refractivity contribution in [2.75, 3.05) is 13.1 Å². The van der Waals surface area contributed by atoms with E-state index in [1.807, 2.05) is 30.3 Å². The Kier molecular flexibility index (Phi) is 4.88. The lowest BCUT2D eigenvalue weighted by atomic mass is 10.1. The van der Waals surface area contributed by atoms with Gasteiger partial charge in [-0.3, -0.25) is 0 Å². The minimum atomic E-state index is -3.47. The summed E-state index contributed by atoms with van der Waals surface area (Å²) in [7, 11) is -3.47. The summed E-state index contributed by atoms with van der Waals surface area (Å²) in [5, 5.41) is 1.72. The van der Waals surface area contributed by atoms with Crippen LogP contribution >= 0.6 is 12.4 Å². The Bertz CT molecular complexity index is 728. The van der Waals surface area contributed by atoms with Crippen molar-refractivity contribution in [3.05, 3.63) is 42.5 Å². The van der Waals surface area contributed by atoms with Crippen LogP contribution in [0.5, 0.6) is 0 Å². The molecule has 114 valence electrons. The maximum absolute atomic E-state index is 12.9. The monoisotopic (exact) mass is 326 g/mol. The fourth-order valence-electron chi connectivity index (χ4n) is 2.91. The van der Waals surface area contributed by atoms with E-state index in [-0.39, 0.29) is 18.4 Å². The van der Waals surface area contributed by atoms with E-state index in [0.717, 1.165) is 23.6 Å². The number of hydrogen-bond donors (Lipinski definition) is 1. The van der Waals surface area contributed by atoms with E-state index < -0.39 is 10.0 Å². The summed E-state index contributed by atoms with van der Waals surface area (Å²) in [4.78, 5) is 0.385. The van der Waals surface area contributed by atoms with Crippen LogP contribution in [0, 0.1) is 0 Å². The summed E-state index contributed by atoms with van der Waals surface area (Å²) in [6.07, 6.45) is 1.73. The van der Waals surface area contributed by atoms with Gasteiger partial charge in [0.05, 0.1) is 4.90 Å². The second-order valence-corrected chi connectivity index (χ2v) is 6.98. The molecular formula is C15H19ClN2O2S. The fourth-order valence-corrected chi connectivity index (χ4v) is 4.83. The predicted molar refractivity (Wildman–Crippen MR) is 87.2 cm³/mol. The van der Waals surface area contributed by atoms with Crippen molar-refractivity contribution >= 4 is 33.2 Å². The van der Waals surface area contributed by atoms with Gasteiger partial charge in [0.2, 0.25) is 10.0 Å². The molecule has 2 aromatic carbocycles. The van der Waals surface area contributed by atoms with Crippen molar-refractivity contribution in [2.24, 2.45) is 5.73 Å². The molecule has 0 spiro atoms. The molecule has 0 amide bonds. The van der Waals surface area contributed by atoms with E-state index in [1.165, 1.54) is 0 Å². The Morgan fingerprint density at radius 2 is 1.86 bits per heavy atom. The van der Waals surface area contributed by atoms with Gasteiger partial charge in [0.1, 0.15) is 0 Å². The average Bonchev–Trinajstić information content (AvgIpc) is 2.96. The van der Waals surface area contributed by atoms with Crippen LogP contribution < -0.4 is 5.73 Å². The molecule has 2 N–H and O–H groups in total. The van der Waals surface area contributed by atoms with E-state index in [4.69, 9.17) is 5.73 Å². The van der Waals surface area contributed by atoms with Gasteiger partial charge in [-0.25, -0.2) is 8.42 Å². The topological polar surface area (TPSA) is 63.4 Å². The number of halogens is 1. The molecular weight excluding hydrogens is 308 g/mol. The summed E-state index contributed by atoms with van der Waals surface area (Å²) in [6, 6.07) is 12.9. The summed E-state index contributed by atoms with van der Waals surface area (Å²) < 4.78 is 27.3. The molecule has 4 nitrogen and oxygen atoms in total. The largest absolute Gasteiger partial charge is 0.329 e. The van der Waals surface area contributed by atoms with Gasteiger partial charge in [-0.05, 0) is 24.3 Å². The molecule has 1 unspecified atom stereocenters. The van der Waals surface area contributed by atoms with Crippen LogP contribution in [0.2, 0.25) is 0 Å². The lowest BCUT2D eigenvalue weighted by Crippen LogP contribution is -2.39. The third-order valence-corrected chi connectivity index (χ3v) is 5.94. The maximum atomic E-state index is 12.9. The third-order valence-electron chi connectivity index (χ3n) is 3.93. The molecule has 0 bridgehead atoms. The van der Waals surface area contributed by atoms with Crippen LogP contribution in [0.4, 0.5) is 0 Å². The van der Waals surface area contributed by atoms with E-state index in [2.05, 4.69) is 0 Å². The van der Waals surface area contributed by atoms with Crippen molar-refractivity contribution in [2.45, 2.75) is 23.8 Å². The van der Waals surface area contributed by atoms with Gasteiger partial charge in [-0.2, -0.15) is 4.31 Å². The number of nitrogens with two attached hydrogens (primary N) is 1. The second-order valence-electron chi connectivity index (χ2n) is 5.12. The van der Waals surface area contributed by atoms with Gasteiger partial charge in [0.25, 0.3) is 0 Å². The molecule has 1 aliphatic rings. The smallest absolute Gasteiger partial charge is 0.243 e. The van der Waals surface area contributed by atoms with Gasteiger partial charge in [0.15, 0.2) is 0 Å². The Labute approximate surface area is 131 Å². The van der Waals surface area contributed by atoms with Crippen molar-refractivity contribution in [3.63, 3.8) is 0 Å². The SMILES string of the molecule is Cl.NCC1CCCN1S(=O)(=O)c1cccc2ccccc12. The highest BCUT2D eigenvalue weighted by molar-refractivity contribution is 7.89. The van der Waals surface area contributed by atoms with Crippen molar-refractivity contribution in [1.82, 2.24) is 4.31 Å². The molecule has 0 saturated carbocycles. The number of sulfonamides is 1. The Hall–Kier alpha value is -1.14. The Balaban J connectivity index is 0.00000161. The first-order chi connectivity index (χ1) is 9.64. The second kappa shape index (κ2) is 6.32. The zero-order valence-corrected chi connectivity index (χ0v) is 13.2. The zero-order chi connectivity index (χ0) is 14.2. The molecule has 21 heavy (non-hydrogen) atoms. The highest BCUT2D eigenvalue weighted by atomic mass is 35.5. The highest BCUT2D eigenvalue weighted by Gasteiger charge is 2.35. The molecule has 0 aliphatic carbocycles. The lowest BCUT2D eigenvalue weighted by molar-refractivity contribution is 0.393. The molecule has 2 aromatic rings. The summed E-state index contributed by atoms with van der Waals surface area (Å²) >= 11 is 0. The minimum Gasteiger partial charge on any atom is -0.329 e. The normalized spacial score (nSPS) is 19.6. The maximum Gasteiger partial charge on any atom is 0.243 e. The van der Waals surface area contributed by atoms with Crippen molar-refractivity contribution < 1.29 is 8.42 Å². The third kappa shape index (κ3) is 2.79. The summed E-state index contributed by atoms with van der Waals surface area (Å²) in [6.45, 7) is 0.942. The van der Waals surface area contributed by atoms with Gasteiger partial charge in [0, 0.05) is 24.5 Å². The van der Waals surface area contributed by atoms with Crippen LogP contribution in [-0.4, -0.2) is 31.9 Å². The van der Waals surface area contributed by atoms with Crippen molar-refractivity contribution in [1.29, 1.82) is 0 Å². The molecule has 1 aliphatic heterocycles. The number of rotatable bonds is 3. The van der Waals surface area contributed by atoms with Crippen LogP contribution in [0.25, 0.3) is 10.8 Å². The first-order valence-electron chi connectivity index (χ1n) is 6.84. The highest BCUT2D eigenvalue weighted by Crippen LogP contribution is 2.30. The minimum absolute atomic E-state index is 0. The van der Waals surface area contributed by atoms with Gasteiger partial charge < -0.3 is 5.73 Å². The quantitative estimate of drug-likeness (QED) is 0.941. The fraction of sp³-hybridized carbons (Fsp3) is 0.333. The number of benzene rings is 2. The zero-order valence-electron chi connectivity index (χ0n) is 11.6. The Morgan fingerprint density at radius 1 is 1.14 bits per heavy atom. The average molecular weight is 327 g/mol. The summed E-state index contributed by atoms with van der Waals surface area (Å²) in [5.74, 6) is 0. The van der Waals surface area contributed by atoms with Gasteiger partial charge in [-0.15, -0.1) is 12.4 Å². The molecule has 1 atom stereocenters. The molecule has 0 radical (unpaired) electrons. The predicted octanol–water partition coefficient (Wildman–Crippen LogP) is 2.37. The first kappa shape index (κ1) is 16.2. The number of hydrogen-bond acceptors (Lipinski definition) is 3. The van der Waals surface area contributed by atoms with Gasteiger partial charge >= 0.3 is 0 Å². The standard InChI is InChI=1S/C15H18N2O2S.ClH/c16-11-13-7-4-10-17(13)20(18,19)15-9-3-6-12-5-1-2-8-14(12)15;/h1-3,5-6,8-9,13H,4,7,10-11,16H2;1H. The molecule has 1 fully saturated rings. The lowest BCUT2D eigenvalue weighted by Gasteiger charge is -2.23. The summed E-state index contributed by atoms with van der Waals surface area (Å²) in [5.41, 5.74) is 5.71. The van der Waals surface area contributed by atoms with E-state index in [1.54, 1.807) is 16.4 Å².